The van der Waals surface area contributed by atoms with E-state index in [0.29, 0.717) is 12.4 Å². The van der Waals surface area contributed by atoms with Crippen LogP contribution in [0.15, 0.2) is 10.6 Å². The molecule has 2 aromatic heterocycles. The largest absolute Gasteiger partial charge is 0.344 e. The predicted octanol–water partition coefficient (Wildman–Crippen LogP) is 2.36. The molecule has 1 aliphatic carbocycles. The zero-order valence-electron chi connectivity index (χ0n) is 14.0. The summed E-state index contributed by atoms with van der Waals surface area (Å²) < 4.78 is 5.05. The maximum absolute atomic E-state index is 12.3. The number of rotatable bonds is 4. The number of nitrogens with one attached hydrogen (secondary N) is 2. The van der Waals surface area contributed by atoms with E-state index in [9.17, 15) is 4.79 Å². The van der Waals surface area contributed by atoms with Gasteiger partial charge in [-0.05, 0) is 52.0 Å². The summed E-state index contributed by atoms with van der Waals surface area (Å²) in [4.78, 5) is 22.8. The Morgan fingerprint density at radius 2 is 2.29 bits per heavy atom. The Hall–Kier alpha value is -2.15. The van der Waals surface area contributed by atoms with Crippen LogP contribution in [-0.2, 0) is 17.6 Å². The van der Waals surface area contributed by atoms with Gasteiger partial charge >= 0.3 is 0 Å². The van der Waals surface area contributed by atoms with E-state index in [1.807, 2.05) is 6.92 Å². The Kier molecular flexibility index (Phi) is 4.10. The number of amides is 1. The smallest absolute Gasteiger partial charge is 0.240 e. The molecule has 1 fully saturated rings. The van der Waals surface area contributed by atoms with E-state index < -0.39 is 0 Å². The Labute approximate surface area is 140 Å². The Morgan fingerprint density at radius 1 is 1.42 bits per heavy atom. The van der Waals surface area contributed by atoms with Crippen molar-refractivity contribution in [2.75, 3.05) is 18.4 Å². The number of hydrogen-bond acceptors (Lipinski definition) is 5. The minimum absolute atomic E-state index is 0.0747. The van der Waals surface area contributed by atoms with E-state index in [0.717, 1.165) is 43.7 Å². The number of anilines is 1. The highest BCUT2D eigenvalue weighted by molar-refractivity contribution is 5.91. The quantitative estimate of drug-likeness (QED) is 0.899. The molecule has 2 aliphatic rings. The number of aromatic nitrogens is 3. The van der Waals surface area contributed by atoms with E-state index in [1.165, 1.54) is 24.2 Å². The molecular weight excluding hydrogens is 306 g/mol. The summed E-state index contributed by atoms with van der Waals surface area (Å²) in [5, 5.41) is 6.55. The normalized spacial score (nSPS) is 21.0. The number of fused-ring (bicyclic) bond motifs is 1. The molecule has 7 nitrogen and oxygen atoms in total. The lowest BCUT2D eigenvalue weighted by Crippen LogP contribution is -2.33. The van der Waals surface area contributed by atoms with Crippen molar-refractivity contribution < 1.29 is 9.32 Å². The second-order valence-corrected chi connectivity index (χ2v) is 6.76. The van der Waals surface area contributed by atoms with Crippen LogP contribution < -0.4 is 5.32 Å². The summed E-state index contributed by atoms with van der Waals surface area (Å²) in [5.41, 5.74) is 3.28. The van der Waals surface area contributed by atoms with Crippen molar-refractivity contribution in [3.8, 4) is 0 Å². The molecule has 2 aromatic rings. The minimum Gasteiger partial charge on any atom is -0.344 e. The molecule has 24 heavy (non-hydrogen) atoms. The molecule has 0 unspecified atom stereocenters. The fraction of sp³-hybridized carbons (Fsp3) is 0.588. The van der Waals surface area contributed by atoms with Crippen molar-refractivity contribution in [2.45, 2.75) is 51.5 Å². The fourth-order valence-electron chi connectivity index (χ4n) is 3.74. The maximum atomic E-state index is 12.3. The monoisotopic (exact) mass is 329 g/mol. The molecule has 0 radical (unpaired) electrons. The summed E-state index contributed by atoms with van der Waals surface area (Å²) in [6.07, 6.45) is 6.77. The third-order valence-corrected chi connectivity index (χ3v) is 4.89. The lowest BCUT2D eigenvalue weighted by Gasteiger charge is -2.21. The summed E-state index contributed by atoms with van der Waals surface area (Å²) in [7, 11) is 0. The van der Waals surface area contributed by atoms with Gasteiger partial charge in [-0.25, -0.2) is 4.98 Å². The molecule has 2 N–H and O–H groups in total. The molecule has 0 saturated carbocycles. The van der Waals surface area contributed by atoms with Gasteiger partial charge in [0.15, 0.2) is 0 Å². The first-order valence-corrected chi connectivity index (χ1v) is 8.74. The number of likely N-dealkylation sites (tertiary alicyclic amines) is 1. The van der Waals surface area contributed by atoms with Gasteiger partial charge in [-0.1, -0.05) is 5.16 Å². The van der Waals surface area contributed by atoms with E-state index in [4.69, 9.17) is 9.51 Å². The van der Waals surface area contributed by atoms with Gasteiger partial charge in [0.05, 0.1) is 24.0 Å². The van der Waals surface area contributed by atoms with Crippen LogP contribution in [0.25, 0.3) is 0 Å². The van der Waals surface area contributed by atoms with Gasteiger partial charge in [0, 0.05) is 11.8 Å². The molecule has 1 saturated heterocycles. The Balaban J connectivity index is 1.42. The molecule has 1 atom stereocenters. The van der Waals surface area contributed by atoms with Crippen molar-refractivity contribution in [3.05, 3.63) is 29.0 Å². The minimum atomic E-state index is -0.0747. The average Bonchev–Trinajstić information content (AvgIpc) is 3.26. The Bertz CT molecular complexity index is 712. The van der Waals surface area contributed by atoms with Crippen LogP contribution >= 0.6 is 0 Å². The van der Waals surface area contributed by atoms with Crippen LogP contribution in [0.5, 0.6) is 0 Å². The zero-order valence-corrected chi connectivity index (χ0v) is 14.0. The number of H-pyrrole nitrogens is 1. The van der Waals surface area contributed by atoms with Gasteiger partial charge in [-0.2, -0.15) is 0 Å². The molecule has 0 aromatic carbocycles. The molecule has 1 amide bonds. The number of hydrogen-bond donors (Lipinski definition) is 2. The predicted molar refractivity (Wildman–Crippen MR) is 88.6 cm³/mol. The van der Waals surface area contributed by atoms with Crippen LogP contribution in [0.2, 0.25) is 0 Å². The van der Waals surface area contributed by atoms with Gasteiger partial charge in [-0.3, -0.25) is 15.0 Å². The van der Waals surface area contributed by atoms with Crippen LogP contribution in [0, 0.1) is 6.92 Å². The van der Waals surface area contributed by atoms with Crippen molar-refractivity contribution in [3.63, 3.8) is 0 Å². The molecule has 128 valence electrons. The summed E-state index contributed by atoms with van der Waals surface area (Å²) >= 11 is 0. The summed E-state index contributed by atoms with van der Waals surface area (Å²) in [6.45, 7) is 3.09. The molecule has 4 rings (SSSR count). The molecule has 1 aliphatic heterocycles. The van der Waals surface area contributed by atoms with Crippen molar-refractivity contribution in [1.29, 1.82) is 0 Å². The third-order valence-electron chi connectivity index (χ3n) is 4.89. The summed E-state index contributed by atoms with van der Waals surface area (Å²) in [5.74, 6) is 1.36. The molecular formula is C17H23N5O2. The molecule has 7 heteroatoms. The topological polar surface area (TPSA) is 87.0 Å². The van der Waals surface area contributed by atoms with E-state index in [2.05, 4.69) is 20.4 Å². The SMILES string of the molecule is Cc1cc(NC(=O)CN2CCC[C@H]2c2nc3c([nH]2)CCCC3)on1. The number of carbonyl (C=O) groups excluding carboxylic acids is 1. The number of carbonyl (C=O) groups is 1. The van der Waals surface area contributed by atoms with Gasteiger partial charge in [0.25, 0.3) is 0 Å². The van der Waals surface area contributed by atoms with Crippen LogP contribution in [-0.4, -0.2) is 39.0 Å². The second kappa shape index (κ2) is 6.39. The first-order chi connectivity index (χ1) is 11.7. The molecule has 0 bridgehead atoms. The van der Waals surface area contributed by atoms with Crippen LogP contribution in [0.4, 0.5) is 5.88 Å². The van der Waals surface area contributed by atoms with Gasteiger partial charge in [0.1, 0.15) is 5.82 Å². The highest BCUT2D eigenvalue weighted by atomic mass is 16.5. The average molecular weight is 329 g/mol. The van der Waals surface area contributed by atoms with E-state index in [-0.39, 0.29) is 11.9 Å². The standard InChI is InChI=1S/C17H23N5O2/c1-11-9-16(24-21-11)20-15(23)10-22-8-4-7-14(22)17-18-12-5-2-3-6-13(12)19-17/h9,14H,2-8,10H2,1H3,(H,18,19)(H,20,23)/t14-/m0/s1. The fourth-order valence-corrected chi connectivity index (χ4v) is 3.74. The van der Waals surface area contributed by atoms with Gasteiger partial charge < -0.3 is 9.51 Å². The van der Waals surface area contributed by atoms with E-state index >= 15 is 0 Å². The lowest BCUT2D eigenvalue weighted by atomic mass is 10.0. The second-order valence-electron chi connectivity index (χ2n) is 6.76. The van der Waals surface area contributed by atoms with Crippen molar-refractivity contribution in [2.24, 2.45) is 0 Å². The number of aromatic amines is 1. The highest BCUT2D eigenvalue weighted by Gasteiger charge is 2.31. The summed E-state index contributed by atoms with van der Waals surface area (Å²) in [6, 6.07) is 1.93. The highest BCUT2D eigenvalue weighted by Crippen LogP contribution is 2.32. The van der Waals surface area contributed by atoms with Gasteiger partial charge in [-0.15, -0.1) is 0 Å². The Morgan fingerprint density at radius 3 is 3.08 bits per heavy atom. The molecule has 0 spiro atoms. The van der Waals surface area contributed by atoms with Gasteiger partial charge in [0.2, 0.25) is 11.8 Å². The first-order valence-electron chi connectivity index (χ1n) is 8.74. The van der Waals surface area contributed by atoms with Crippen LogP contribution in [0.3, 0.4) is 0 Å². The van der Waals surface area contributed by atoms with Crippen LogP contribution in [0.1, 0.15) is 54.6 Å². The third kappa shape index (κ3) is 3.08. The first kappa shape index (κ1) is 15.4. The maximum Gasteiger partial charge on any atom is 0.240 e. The van der Waals surface area contributed by atoms with Crippen molar-refractivity contribution in [1.82, 2.24) is 20.0 Å². The number of aryl methyl sites for hydroxylation is 3. The number of imidazole rings is 1. The lowest BCUT2D eigenvalue weighted by molar-refractivity contribution is -0.117. The zero-order chi connectivity index (χ0) is 16.5. The van der Waals surface area contributed by atoms with E-state index in [1.54, 1.807) is 6.07 Å². The molecule has 3 heterocycles. The van der Waals surface area contributed by atoms with Crippen molar-refractivity contribution >= 4 is 11.8 Å². The number of nitrogens with zero attached hydrogens (tertiary/aromatic N) is 3.